The number of hydrogen-bond donors (Lipinski definition) is 0. The summed E-state index contributed by atoms with van der Waals surface area (Å²) < 4.78 is 4.11. The van der Waals surface area contributed by atoms with E-state index in [2.05, 4.69) is 11.6 Å². The number of hydrogen-bond acceptors (Lipinski definition) is 5. The Morgan fingerprint density at radius 3 is 2.41 bits per heavy atom. The molecule has 0 bridgehead atoms. The number of aromatic nitrogens is 4. The van der Waals surface area contributed by atoms with Crippen molar-refractivity contribution in [3.63, 3.8) is 0 Å². The van der Waals surface area contributed by atoms with E-state index < -0.39 is 11.2 Å². The zero-order chi connectivity index (χ0) is 16.6. The van der Waals surface area contributed by atoms with Crippen molar-refractivity contribution in [2.24, 2.45) is 14.1 Å². The number of rotatable bonds is 5. The monoisotopic (exact) mass is 322 g/mol. The second kappa shape index (κ2) is 5.96. The molecular weight excluding hydrogens is 304 g/mol. The third-order valence-corrected chi connectivity index (χ3v) is 4.27. The van der Waals surface area contributed by atoms with Crippen LogP contribution in [-0.2, 0) is 25.4 Å². The molecule has 118 valence electrons. The molecule has 0 atom stereocenters. The van der Waals surface area contributed by atoms with Crippen LogP contribution in [0.25, 0.3) is 11.2 Å². The lowest BCUT2D eigenvalue weighted by Gasteiger charge is -2.08. The van der Waals surface area contributed by atoms with Crippen molar-refractivity contribution in [1.29, 1.82) is 0 Å². The second-order valence-corrected chi connectivity index (χ2v) is 6.25. The molecule has 22 heavy (non-hydrogen) atoms. The van der Waals surface area contributed by atoms with Gasteiger partial charge in [-0.2, -0.15) is 0 Å². The summed E-state index contributed by atoms with van der Waals surface area (Å²) in [6, 6.07) is 0. The molecule has 0 radical (unpaired) electrons. The van der Waals surface area contributed by atoms with Gasteiger partial charge in [-0.3, -0.25) is 18.7 Å². The molecule has 0 saturated heterocycles. The van der Waals surface area contributed by atoms with Gasteiger partial charge in [-0.15, -0.1) is 0 Å². The van der Waals surface area contributed by atoms with E-state index in [1.807, 2.05) is 6.92 Å². The predicted molar refractivity (Wildman–Crippen MR) is 86.4 cm³/mol. The van der Waals surface area contributed by atoms with Crippen LogP contribution in [0.2, 0.25) is 0 Å². The van der Waals surface area contributed by atoms with Gasteiger partial charge in [0.2, 0.25) is 0 Å². The molecule has 0 fully saturated rings. The van der Waals surface area contributed by atoms with E-state index in [9.17, 15) is 14.4 Å². The average molecular weight is 322 g/mol. The summed E-state index contributed by atoms with van der Waals surface area (Å²) in [6.07, 6.45) is 0. The van der Waals surface area contributed by atoms with Gasteiger partial charge in [-0.25, -0.2) is 9.78 Å². The Morgan fingerprint density at radius 2 is 1.86 bits per heavy atom. The van der Waals surface area contributed by atoms with E-state index >= 15 is 0 Å². The summed E-state index contributed by atoms with van der Waals surface area (Å²) in [5, 5.41) is 0.534. The summed E-state index contributed by atoms with van der Waals surface area (Å²) in [7, 11) is 3.01. The van der Waals surface area contributed by atoms with E-state index in [-0.39, 0.29) is 11.5 Å². The minimum Gasteiger partial charge on any atom is -0.309 e. The third-order valence-electron chi connectivity index (χ3n) is 3.15. The molecule has 0 unspecified atom stereocenters. The average Bonchev–Trinajstić information content (AvgIpc) is 2.78. The smallest absolute Gasteiger partial charge is 0.309 e. The van der Waals surface area contributed by atoms with E-state index in [1.165, 1.54) is 30.3 Å². The summed E-state index contributed by atoms with van der Waals surface area (Å²) in [5.41, 5.74) is 0.682. The van der Waals surface area contributed by atoms with Crippen LogP contribution in [0.5, 0.6) is 0 Å². The summed E-state index contributed by atoms with van der Waals surface area (Å²) >= 11 is 1.25. The number of carbonyl (C=O) groups excluding carboxylic acids is 1. The zero-order valence-electron chi connectivity index (χ0n) is 13.0. The highest BCUT2D eigenvalue weighted by Crippen LogP contribution is 2.22. The first kappa shape index (κ1) is 16.3. The third kappa shape index (κ3) is 2.78. The Hall–Kier alpha value is -2.09. The van der Waals surface area contributed by atoms with E-state index in [0.717, 1.165) is 10.1 Å². The van der Waals surface area contributed by atoms with Crippen molar-refractivity contribution in [3.05, 3.63) is 33.0 Å². The summed E-state index contributed by atoms with van der Waals surface area (Å²) in [5.74, 6) is 0.272. The fourth-order valence-corrected chi connectivity index (χ4v) is 2.91. The molecule has 7 nitrogen and oxygen atoms in total. The molecule has 0 aliphatic carbocycles. The number of Topliss-reactive ketones (excluding diaryl/α,β-unsaturated/α-hetero) is 1. The number of allylic oxidation sites excluding steroid dienone is 1. The summed E-state index contributed by atoms with van der Waals surface area (Å²) in [4.78, 5) is 40.0. The summed E-state index contributed by atoms with van der Waals surface area (Å²) in [6.45, 7) is 7.61. The molecular formula is C14H18N4O3S. The highest BCUT2D eigenvalue weighted by Gasteiger charge is 2.19. The molecule has 0 amide bonds. The number of thioether (sulfide) groups is 1. The van der Waals surface area contributed by atoms with Gasteiger partial charge < -0.3 is 4.57 Å². The Morgan fingerprint density at radius 1 is 1.23 bits per heavy atom. The maximum absolute atomic E-state index is 12.4. The Kier molecular flexibility index (Phi) is 4.41. The van der Waals surface area contributed by atoms with Gasteiger partial charge in [0.15, 0.2) is 16.3 Å². The number of ketones is 1. The maximum Gasteiger partial charge on any atom is 0.332 e. The minimum atomic E-state index is -0.430. The Labute approximate surface area is 131 Å². The van der Waals surface area contributed by atoms with Gasteiger partial charge in [0.25, 0.3) is 5.56 Å². The molecule has 0 aliphatic rings. The lowest BCUT2D eigenvalue weighted by atomic mass is 10.3. The van der Waals surface area contributed by atoms with Crippen molar-refractivity contribution in [3.8, 4) is 0 Å². The van der Waals surface area contributed by atoms with E-state index in [1.54, 1.807) is 11.6 Å². The van der Waals surface area contributed by atoms with Crippen molar-refractivity contribution in [2.75, 3.05) is 5.75 Å². The largest absolute Gasteiger partial charge is 0.332 e. The molecule has 0 aromatic carbocycles. The highest BCUT2D eigenvalue weighted by molar-refractivity contribution is 7.99. The lowest BCUT2D eigenvalue weighted by Crippen LogP contribution is -2.37. The zero-order valence-corrected chi connectivity index (χ0v) is 13.9. The number of fused-ring (bicyclic) bond motifs is 1. The first-order valence-corrected chi connectivity index (χ1v) is 7.65. The molecule has 8 heteroatoms. The van der Waals surface area contributed by atoms with Gasteiger partial charge in [0.05, 0.1) is 5.75 Å². The quantitative estimate of drug-likeness (QED) is 0.598. The van der Waals surface area contributed by atoms with Crippen LogP contribution in [0.4, 0.5) is 0 Å². The SMILES string of the molecule is C=C(C)Cn1c(SCC(C)=O)nc2c1c(=O)n(C)c(=O)n2C. The van der Waals surface area contributed by atoms with Crippen molar-refractivity contribution in [1.82, 2.24) is 18.7 Å². The lowest BCUT2D eigenvalue weighted by molar-refractivity contribution is -0.114. The van der Waals surface area contributed by atoms with Gasteiger partial charge in [-0.1, -0.05) is 23.9 Å². The molecule has 0 N–H and O–H groups in total. The minimum absolute atomic E-state index is 0.0146. The van der Waals surface area contributed by atoms with Crippen LogP contribution in [0, 0.1) is 0 Å². The van der Waals surface area contributed by atoms with Crippen LogP contribution >= 0.6 is 11.8 Å². The molecule has 2 heterocycles. The normalized spacial score (nSPS) is 11.1. The highest BCUT2D eigenvalue weighted by atomic mass is 32.2. The fraction of sp³-hybridized carbons (Fsp3) is 0.429. The second-order valence-electron chi connectivity index (χ2n) is 5.31. The van der Waals surface area contributed by atoms with Crippen LogP contribution in [0.3, 0.4) is 0 Å². The van der Waals surface area contributed by atoms with Crippen LogP contribution in [-0.4, -0.2) is 30.2 Å². The standard InChI is InChI=1S/C14H18N4O3S/c1-8(2)6-18-10-11(15-13(18)22-7-9(3)19)16(4)14(21)17(5)12(10)20/h1,6-7H2,2-5H3. The Balaban J connectivity index is 2.80. The number of aryl methyl sites for hydroxylation is 1. The molecule has 0 aliphatic heterocycles. The van der Waals surface area contributed by atoms with Gasteiger partial charge in [-0.05, 0) is 13.8 Å². The van der Waals surface area contributed by atoms with E-state index in [4.69, 9.17) is 0 Å². The van der Waals surface area contributed by atoms with Gasteiger partial charge in [0.1, 0.15) is 5.78 Å². The van der Waals surface area contributed by atoms with Crippen molar-refractivity contribution < 1.29 is 4.79 Å². The van der Waals surface area contributed by atoms with Gasteiger partial charge >= 0.3 is 5.69 Å². The van der Waals surface area contributed by atoms with Gasteiger partial charge in [0, 0.05) is 20.6 Å². The molecule has 0 saturated carbocycles. The number of imidazole rings is 1. The van der Waals surface area contributed by atoms with Crippen molar-refractivity contribution >= 4 is 28.7 Å². The molecule has 2 aromatic rings. The predicted octanol–water partition coefficient (Wildman–Crippen LogP) is 0.691. The number of carbonyl (C=O) groups is 1. The number of nitrogens with zero attached hydrogens (tertiary/aromatic N) is 4. The van der Waals surface area contributed by atoms with Crippen LogP contribution < -0.4 is 11.2 Å². The molecule has 2 aromatic heterocycles. The molecule has 0 spiro atoms. The Bertz CT molecular complexity index is 888. The van der Waals surface area contributed by atoms with Crippen LogP contribution in [0.15, 0.2) is 26.9 Å². The van der Waals surface area contributed by atoms with Crippen molar-refractivity contribution in [2.45, 2.75) is 25.5 Å². The molecule has 2 rings (SSSR count). The fourth-order valence-electron chi connectivity index (χ4n) is 2.12. The maximum atomic E-state index is 12.4. The first-order valence-electron chi connectivity index (χ1n) is 6.67. The first-order chi connectivity index (χ1) is 10.2. The van der Waals surface area contributed by atoms with E-state index in [0.29, 0.717) is 22.9 Å². The topological polar surface area (TPSA) is 78.9 Å². The van der Waals surface area contributed by atoms with Crippen LogP contribution in [0.1, 0.15) is 13.8 Å².